The van der Waals surface area contributed by atoms with Crippen LogP contribution in [0.25, 0.3) is 0 Å². The van der Waals surface area contributed by atoms with E-state index in [0.29, 0.717) is 19.6 Å². The fraction of sp³-hybridized carbons (Fsp3) is 0.600. The van der Waals surface area contributed by atoms with Crippen LogP contribution in [0.4, 0.5) is 5.69 Å². The molecule has 0 bridgehead atoms. The number of hydrogen-bond donors (Lipinski definition) is 1. The molecule has 1 aromatic rings. The Bertz CT molecular complexity index is 597. The van der Waals surface area contributed by atoms with Crippen LogP contribution in [-0.4, -0.2) is 38.9 Å². The zero-order chi connectivity index (χ0) is 14.9. The maximum Gasteiger partial charge on any atom is 0.304 e. The van der Waals surface area contributed by atoms with Crippen molar-refractivity contribution in [2.45, 2.75) is 32.2 Å². The summed E-state index contributed by atoms with van der Waals surface area (Å²) in [6, 6.07) is 8.10. The molecule has 1 unspecified atom stereocenters. The zero-order valence-electron chi connectivity index (χ0n) is 12.5. The Morgan fingerprint density at radius 2 is 1.90 bits per heavy atom. The summed E-state index contributed by atoms with van der Waals surface area (Å²) in [6.45, 7) is 4.82. The molecule has 116 valence electrons. The zero-order valence-corrected chi connectivity index (χ0v) is 13.3. The van der Waals surface area contributed by atoms with Crippen LogP contribution in [-0.2, 0) is 10.2 Å². The molecule has 1 fully saturated rings. The molecule has 1 N–H and O–H groups in total. The summed E-state index contributed by atoms with van der Waals surface area (Å²) < 4.78 is 28.9. The van der Waals surface area contributed by atoms with E-state index in [2.05, 4.69) is 12.2 Å². The lowest BCUT2D eigenvalue weighted by atomic mass is 9.98. The monoisotopic (exact) mass is 309 g/mol. The average molecular weight is 309 g/mol. The fourth-order valence-electron chi connectivity index (χ4n) is 3.29. The topological polar surface area (TPSA) is 52.7 Å². The Balaban J connectivity index is 1.95. The summed E-state index contributed by atoms with van der Waals surface area (Å²) >= 11 is 0. The van der Waals surface area contributed by atoms with Crippen LogP contribution in [0.1, 0.15) is 37.8 Å². The van der Waals surface area contributed by atoms with E-state index in [0.717, 1.165) is 37.1 Å². The molecule has 1 atom stereocenters. The summed E-state index contributed by atoms with van der Waals surface area (Å²) in [5.41, 5.74) is 1.93. The largest absolute Gasteiger partial charge is 0.310 e. The molecular weight excluding hydrogens is 286 g/mol. The van der Waals surface area contributed by atoms with Crippen LogP contribution >= 0.6 is 0 Å². The van der Waals surface area contributed by atoms with Gasteiger partial charge in [0.1, 0.15) is 0 Å². The molecule has 0 saturated carbocycles. The van der Waals surface area contributed by atoms with E-state index in [9.17, 15) is 8.42 Å². The molecule has 21 heavy (non-hydrogen) atoms. The minimum atomic E-state index is -3.37. The van der Waals surface area contributed by atoms with Crippen molar-refractivity contribution >= 4 is 15.9 Å². The summed E-state index contributed by atoms with van der Waals surface area (Å²) in [6.07, 6.45) is 2.75. The number of hydrogen-bond acceptors (Lipinski definition) is 3. The minimum Gasteiger partial charge on any atom is -0.310 e. The van der Waals surface area contributed by atoms with Crippen molar-refractivity contribution in [1.29, 1.82) is 0 Å². The van der Waals surface area contributed by atoms with E-state index in [4.69, 9.17) is 0 Å². The molecule has 6 heteroatoms. The quantitative estimate of drug-likeness (QED) is 0.924. The molecule has 2 aliphatic heterocycles. The average Bonchev–Trinajstić information content (AvgIpc) is 3.02. The van der Waals surface area contributed by atoms with Crippen LogP contribution in [0.5, 0.6) is 0 Å². The van der Waals surface area contributed by atoms with Gasteiger partial charge in [-0.1, -0.05) is 25.1 Å². The first kappa shape index (κ1) is 14.8. The number of nitrogens with zero attached hydrogens (tertiary/aromatic N) is 2. The van der Waals surface area contributed by atoms with Gasteiger partial charge in [0.15, 0.2) is 0 Å². The van der Waals surface area contributed by atoms with Crippen LogP contribution < -0.4 is 9.62 Å². The van der Waals surface area contributed by atoms with Gasteiger partial charge in [0.2, 0.25) is 0 Å². The highest BCUT2D eigenvalue weighted by Crippen LogP contribution is 2.36. The van der Waals surface area contributed by atoms with Gasteiger partial charge in [0, 0.05) is 25.7 Å². The number of benzene rings is 1. The molecule has 0 amide bonds. The van der Waals surface area contributed by atoms with Crippen LogP contribution in [0.3, 0.4) is 0 Å². The summed E-state index contributed by atoms with van der Waals surface area (Å²) in [5.74, 6) is 0. The highest BCUT2D eigenvalue weighted by atomic mass is 32.2. The van der Waals surface area contributed by atoms with Crippen LogP contribution in [0.2, 0.25) is 0 Å². The number of anilines is 1. The smallest absolute Gasteiger partial charge is 0.304 e. The Hall–Kier alpha value is -1.11. The van der Waals surface area contributed by atoms with Gasteiger partial charge in [-0.05, 0) is 37.4 Å². The van der Waals surface area contributed by atoms with Gasteiger partial charge in [-0.2, -0.15) is 12.7 Å². The number of fused-ring (bicyclic) bond motifs is 1. The van der Waals surface area contributed by atoms with Crippen molar-refractivity contribution in [2.24, 2.45) is 0 Å². The van der Waals surface area contributed by atoms with E-state index >= 15 is 0 Å². The van der Waals surface area contributed by atoms with Gasteiger partial charge < -0.3 is 5.32 Å². The molecule has 5 nitrogen and oxygen atoms in total. The van der Waals surface area contributed by atoms with Gasteiger partial charge in [-0.25, -0.2) is 0 Å². The Morgan fingerprint density at radius 1 is 1.19 bits per heavy atom. The first-order chi connectivity index (χ1) is 10.1. The molecule has 1 saturated heterocycles. The predicted octanol–water partition coefficient (Wildman–Crippen LogP) is 1.89. The lowest BCUT2D eigenvalue weighted by Gasteiger charge is -2.37. The normalized spacial score (nSPS) is 23.3. The van der Waals surface area contributed by atoms with Gasteiger partial charge in [0.05, 0.1) is 5.69 Å². The van der Waals surface area contributed by atoms with Crippen LogP contribution in [0, 0.1) is 0 Å². The number of nitrogens with one attached hydrogen (secondary N) is 1. The van der Waals surface area contributed by atoms with Crippen molar-refractivity contribution in [3.8, 4) is 0 Å². The van der Waals surface area contributed by atoms with Crippen molar-refractivity contribution in [3.05, 3.63) is 29.8 Å². The highest BCUT2D eigenvalue weighted by molar-refractivity contribution is 7.90. The first-order valence-electron chi connectivity index (χ1n) is 7.74. The van der Waals surface area contributed by atoms with Gasteiger partial charge in [-0.15, -0.1) is 0 Å². The maximum absolute atomic E-state index is 12.8. The van der Waals surface area contributed by atoms with Crippen molar-refractivity contribution in [2.75, 3.05) is 30.5 Å². The molecule has 2 heterocycles. The molecule has 0 radical (unpaired) electrons. The highest BCUT2D eigenvalue weighted by Gasteiger charge is 2.36. The summed E-state index contributed by atoms with van der Waals surface area (Å²) in [4.78, 5) is 0. The Morgan fingerprint density at radius 3 is 2.62 bits per heavy atom. The van der Waals surface area contributed by atoms with Crippen molar-refractivity contribution < 1.29 is 8.42 Å². The first-order valence-corrected chi connectivity index (χ1v) is 9.14. The summed E-state index contributed by atoms with van der Waals surface area (Å²) in [5, 5.41) is 3.45. The van der Waals surface area contributed by atoms with Crippen molar-refractivity contribution in [1.82, 2.24) is 9.62 Å². The molecule has 1 aromatic carbocycles. The van der Waals surface area contributed by atoms with E-state index in [1.54, 1.807) is 8.61 Å². The third-order valence-corrected chi connectivity index (χ3v) is 6.28. The van der Waals surface area contributed by atoms with E-state index in [1.807, 2.05) is 24.3 Å². The Kier molecular flexibility index (Phi) is 4.19. The lowest BCUT2D eigenvalue weighted by molar-refractivity contribution is 0.459. The molecule has 3 rings (SSSR count). The van der Waals surface area contributed by atoms with Gasteiger partial charge in [-0.3, -0.25) is 4.31 Å². The van der Waals surface area contributed by atoms with Gasteiger partial charge in [0.25, 0.3) is 0 Å². The minimum absolute atomic E-state index is 0.247. The van der Waals surface area contributed by atoms with Gasteiger partial charge >= 0.3 is 10.2 Å². The molecular formula is C15H23N3O2S. The number of para-hydroxylation sites is 1. The second-order valence-corrected chi connectivity index (χ2v) is 7.50. The van der Waals surface area contributed by atoms with Crippen molar-refractivity contribution in [3.63, 3.8) is 0 Å². The summed E-state index contributed by atoms with van der Waals surface area (Å²) in [7, 11) is -3.37. The predicted molar refractivity (Wildman–Crippen MR) is 84.5 cm³/mol. The molecule has 0 spiro atoms. The second-order valence-electron chi connectivity index (χ2n) is 5.64. The molecule has 0 aromatic heterocycles. The molecule has 0 aliphatic carbocycles. The third kappa shape index (κ3) is 2.67. The fourth-order valence-corrected chi connectivity index (χ4v) is 5.04. The number of rotatable bonds is 4. The second kappa shape index (κ2) is 5.94. The maximum atomic E-state index is 12.8. The van der Waals surface area contributed by atoms with Crippen LogP contribution in [0.15, 0.2) is 24.3 Å². The third-order valence-electron chi connectivity index (χ3n) is 4.32. The standard InChI is InChI=1S/C15H23N3O2S/c1-2-16-14-9-12-18(15-8-4-3-7-13(14)15)21(19,20)17-10-5-6-11-17/h3-4,7-8,14,16H,2,5-6,9-12H2,1H3. The van der Waals surface area contributed by atoms with E-state index < -0.39 is 10.2 Å². The van der Waals surface area contributed by atoms with E-state index in [-0.39, 0.29) is 6.04 Å². The van der Waals surface area contributed by atoms with E-state index in [1.165, 1.54) is 0 Å². The lowest BCUT2D eigenvalue weighted by Crippen LogP contribution is -2.46. The molecule has 2 aliphatic rings. The SMILES string of the molecule is CCNC1CCN(S(=O)(=O)N2CCCC2)c2ccccc21. The Labute approximate surface area is 127 Å².